The van der Waals surface area contributed by atoms with E-state index in [0.29, 0.717) is 0 Å². The lowest BCUT2D eigenvalue weighted by Crippen LogP contribution is -2.27. The number of nitrogens with zero attached hydrogens (tertiary/aromatic N) is 3. The predicted octanol–water partition coefficient (Wildman–Crippen LogP) is 2.09. The second-order valence-corrected chi connectivity index (χ2v) is 6.87. The number of thioether (sulfide) groups is 1. The number of aromatic nitrogens is 2. The first kappa shape index (κ1) is 13.1. The van der Waals surface area contributed by atoms with E-state index in [1.807, 2.05) is 30.8 Å². The van der Waals surface area contributed by atoms with Gasteiger partial charge in [-0.15, -0.1) is 10.2 Å². The minimum Gasteiger partial charge on any atom is -0.353 e. The van der Waals surface area contributed by atoms with Gasteiger partial charge in [0.25, 0.3) is 0 Å². The van der Waals surface area contributed by atoms with E-state index >= 15 is 0 Å². The number of rotatable bonds is 5. The van der Waals surface area contributed by atoms with Crippen LogP contribution in [0, 0.1) is 5.92 Å². The van der Waals surface area contributed by atoms with Crippen molar-refractivity contribution in [1.82, 2.24) is 15.5 Å². The van der Waals surface area contributed by atoms with Crippen LogP contribution in [0.1, 0.15) is 19.3 Å². The molecule has 0 atom stereocenters. The molecule has 1 saturated heterocycles. The Morgan fingerprint density at radius 2 is 2.12 bits per heavy atom. The molecule has 1 aliphatic rings. The highest BCUT2D eigenvalue weighted by molar-refractivity contribution is 8.01. The van der Waals surface area contributed by atoms with Crippen LogP contribution < -0.4 is 10.2 Å². The molecular weight excluding hydrogens is 252 g/mol. The molecule has 1 fully saturated rings. The van der Waals surface area contributed by atoms with E-state index in [0.717, 1.165) is 15.4 Å². The molecule has 2 rings (SSSR count). The summed E-state index contributed by atoms with van der Waals surface area (Å²) in [4.78, 5) is 2.01. The van der Waals surface area contributed by atoms with Crippen LogP contribution in [0.2, 0.25) is 0 Å². The van der Waals surface area contributed by atoms with Crippen molar-refractivity contribution >= 4 is 28.2 Å². The Morgan fingerprint density at radius 3 is 2.76 bits per heavy atom. The van der Waals surface area contributed by atoms with E-state index in [1.54, 1.807) is 11.3 Å². The van der Waals surface area contributed by atoms with E-state index in [-0.39, 0.29) is 0 Å². The Kier molecular flexibility index (Phi) is 5.06. The summed E-state index contributed by atoms with van der Waals surface area (Å²) in [5, 5.41) is 12.7. The molecule has 2 heterocycles. The molecule has 0 bridgehead atoms. The van der Waals surface area contributed by atoms with E-state index in [9.17, 15) is 0 Å². The van der Waals surface area contributed by atoms with E-state index < -0.39 is 0 Å². The normalized spacial score (nSPS) is 17.3. The van der Waals surface area contributed by atoms with Gasteiger partial charge in [-0.25, -0.2) is 0 Å². The molecule has 17 heavy (non-hydrogen) atoms. The van der Waals surface area contributed by atoms with Crippen molar-refractivity contribution in [3.05, 3.63) is 0 Å². The largest absolute Gasteiger partial charge is 0.353 e. The molecule has 1 N–H and O–H groups in total. The van der Waals surface area contributed by atoms with Crippen LogP contribution in [0.25, 0.3) is 0 Å². The molecule has 1 aromatic heterocycles. The SMILES string of the molecule is CN(C)c1nnc(SCCC2CCNCC2)s1. The molecule has 4 nitrogen and oxygen atoms in total. The number of nitrogens with one attached hydrogen (secondary N) is 1. The molecule has 0 saturated carbocycles. The number of hydrogen-bond acceptors (Lipinski definition) is 6. The molecule has 0 radical (unpaired) electrons. The fraction of sp³-hybridized carbons (Fsp3) is 0.818. The maximum absolute atomic E-state index is 4.20. The van der Waals surface area contributed by atoms with Crippen LogP contribution in [-0.2, 0) is 0 Å². The highest BCUT2D eigenvalue weighted by Crippen LogP contribution is 2.29. The topological polar surface area (TPSA) is 41.1 Å². The number of hydrogen-bond donors (Lipinski definition) is 1. The monoisotopic (exact) mass is 272 g/mol. The molecule has 1 aromatic rings. The summed E-state index contributed by atoms with van der Waals surface area (Å²) >= 11 is 3.53. The molecule has 0 aliphatic carbocycles. The summed E-state index contributed by atoms with van der Waals surface area (Å²) in [5.41, 5.74) is 0. The predicted molar refractivity (Wildman–Crippen MR) is 75.2 cm³/mol. The first-order valence-electron chi connectivity index (χ1n) is 6.10. The van der Waals surface area contributed by atoms with Gasteiger partial charge < -0.3 is 10.2 Å². The summed E-state index contributed by atoms with van der Waals surface area (Å²) < 4.78 is 1.10. The Labute approximate surface area is 111 Å². The molecule has 6 heteroatoms. The molecular formula is C11H20N4S2. The Morgan fingerprint density at radius 1 is 1.35 bits per heavy atom. The quantitative estimate of drug-likeness (QED) is 0.831. The Bertz CT molecular complexity index is 334. The van der Waals surface area contributed by atoms with Gasteiger partial charge in [0.2, 0.25) is 5.13 Å². The average Bonchev–Trinajstić information content (AvgIpc) is 2.79. The van der Waals surface area contributed by atoms with Crippen molar-refractivity contribution < 1.29 is 0 Å². The van der Waals surface area contributed by atoms with Gasteiger partial charge in [0.1, 0.15) is 0 Å². The Hall–Kier alpha value is -0.330. The first-order chi connectivity index (χ1) is 8.25. The van der Waals surface area contributed by atoms with Crippen molar-refractivity contribution in [2.75, 3.05) is 37.8 Å². The van der Waals surface area contributed by atoms with Gasteiger partial charge in [-0.2, -0.15) is 0 Å². The van der Waals surface area contributed by atoms with Gasteiger partial charge in [0.05, 0.1) is 0 Å². The van der Waals surface area contributed by atoms with Crippen LogP contribution in [0.5, 0.6) is 0 Å². The highest BCUT2D eigenvalue weighted by Gasteiger charge is 2.13. The van der Waals surface area contributed by atoms with Crippen LogP contribution >= 0.6 is 23.1 Å². The van der Waals surface area contributed by atoms with Gasteiger partial charge in [-0.1, -0.05) is 23.1 Å². The van der Waals surface area contributed by atoms with Gasteiger partial charge in [0.15, 0.2) is 4.34 Å². The first-order valence-corrected chi connectivity index (χ1v) is 7.90. The van der Waals surface area contributed by atoms with E-state index in [4.69, 9.17) is 0 Å². The summed E-state index contributed by atoms with van der Waals surface area (Å²) in [6, 6.07) is 0. The summed E-state index contributed by atoms with van der Waals surface area (Å²) in [6.45, 7) is 2.39. The van der Waals surface area contributed by atoms with Crippen molar-refractivity contribution in [2.45, 2.75) is 23.6 Å². The summed E-state index contributed by atoms with van der Waals surface area (Å²) in [7, 11) is 4.01. The zero-order valence-electron chi connectivity index (χ0n) is 10.5. The molecule has 0 aromatic carbocycles. The third-order valence-electron chi connectivity index (χ3n) is 2.99. The fourth-order valence-electron chi connectivity index (χ4n) is 1.92. The number of anilines is 1. The summed E-state index contributed by atoms with van der Waals surface area (Å²) in [6.07, 6.45) is 3.97. The minimum atomic E-state index is 0.907. The lowest BCUT2D eigenvalue weighted by Gasteiger charge is -2.21. The average molecular weight is 272 g/mol. The summed E-state index contributed by atoms with van der Waals surface area (Å²) in [5.74, 6) is 2.08. The van der Waals surface area contributed by atoms with Crippen molar-refractivity contribution in [1.29, 1.82) is 0 Å². The molecule has 0 amide bonds. The van der Waals surface area contributed by atoms with Gasteiger partial charge in [-0.3, -0.25) is 0 Å². The Balaban J connectivity index is 1.70. The van der Waals surface area contributed by atoms with E-state index in [1.165, 1.54) is 38.1 Å². The maximum Gasteiger partial charge on any atom is 0.208 e. The molecule has 0 unspecified atom stereocenters. The minimum absolute atomic E-state index is 0.907. The lowest BCUT2D eigenvalue weighted by atomic mass is 9.96. The third-order valence-corrected chi connectivity index (χ3v) is 5.25. The molecule has 1 aliphatic heterocycles. The van der Waals surface area contributed by atoms with Crippen molar-refractivity contribution in [3.8, 4) is 0 Å². The van der Waals surface area contributed by atoms with Gasteiger partial charge >= 0.3 is 0 Å². The molecule has 0 spiro atoms. The molecule has 96 valence electrons. The van der Waals surface area contributed by atoms with Crippen LogP contribution in [0.3, 0.4) is 0 Å². The maximum atomic E-state index is 4.20. The highest BCUT2D eigenvalue weighted by atomic mass is 32.2. The zero-order valence-corrected chi connectivity index (χ0v) is 12.1. The smallest absolute Gasteiger partial charge is 0.208 e. The fourth-order valence-corrected chi connectivity index (χ4v) is 3.86. The van der Waals surface area contributed by atoms with Gasteiger partial charge in [-0.05, 0) is 38.3 Å². The van der Waals surface area contributed by atoms with Crippen LogP contribution in [0.4, 0.5) is 5.13 Å². The third kappa shape index (κ3) is 4.12. The number of piperidine rings is 1. The van der Waals surface area contributed by atoms with Crippen LogP contribution in [-0.4, -0.2) is 43.1 Å². The van der Waals surface area contributed by atoms with Crippen LogP contribution in [0.15, 0.2) is 4.34 Å². The van der Waals surface area contributed by atoms with Gasteiger partial charge in [0, 0.05) is 19.8 Å². The van der Waals surface area contributed by atoms with E-state index in [2.05, 4.69) is 15.5 Å². The van der Waals surface area contributed by atoms with Crippen molar-refractivity contribution in [2.24, 2.45) is 5.92 Å². The zero-order chi connectivity index (χ0) is 12.1. The van der Waals surface area contributed by atoms with Crippen molar-refractivity contribution in [3.63, 3.8) is 0 Å². The lowest BCUT2D eigenvalue weighted by molar-refractivity contribution is 0.367. The second kappa shape index (κ2) is 6.56. The second-order valence-electron chi connectivity index (χ2n) is 4.58. The standard InChI is InChI=1S/C11H20N4S2/c1-15(2)10-13-14-11(17-10)16-8-5-9-3-6-12-7-4-9/h9,12H,3-8H2,1-2H3.